The van der Waals surface area contributed by atoms with Crippen LogP contribution in [-0.2, 0) is 6.54 Å². The van der Waals surface area contributed by atoms with Crippen molar-refractivity contribution in [2.45, 2.75) is 38.3 Å². The molecule has 0 radical (unpaired) electrons. The standard InChI is InChI=1S/C15H23BrN2/c1-3-15(8-5-9-17-15)12-18(2)11-13-6-4-7-14(16)10-13/h4,6-7,10,17H,3,5,8-9,11-12H2,1-2H3. The van der Waals surface area contributed by atoms with Gasteiger partial charge in [0, 0.05) is 23.1 Å². The molecule has 1 aliphatic rings. The van der Waals surface area contributed by atoms with Gasteiger partial charge in [0.25, 0.3) is 0 Å². The maximum Gasteiger partial charge on any atom is 0.0306 e. The maximum atomic E-state index is 3.70. The Morgan fingerprint density at radius 3 is 2.89 bits per heavy atom. The molecule has 18 heavy (non-hydrogen) atoms. The number of nitrogens with one attached hydrogen (secondary N) is 1. The summed E-state index contributed by atoms with van der Waals surface area (Å²) in [5.74, 6) is 0. The summed E-state index contributed by atoms with van der Waals surface area (Å²) in [5.41, 5.74) is 1.72. The van der Waals surface area contributed by atoms with Crippen molar-refractivity contribution in [2.75, 3.05) is 20.1 Å². The molecule has 1 aromatic rings. The average molecular weight is 311 g/mol. The third-order valence-electron chi connectivity index (χ3n) is 3.92. The molecule has 2 nitrogen and oxygen atoms in total. The second-order valence-electron chi connectivity index (χ2n) is 5.47. The first-order valence-corrected chi connectivity index (χ1v) is 7.61. The lowest BCUT2D eigenvalue weighted by atomic mass is 9.93. The molecule has 1 saturated heterocycles. The third kappa shape index (κ3) is 3.56. The largest absolute Gasteiger partial charge is 0.310 e. The molecule has 2 rings (SSSR count). The Bertz CT molecular complexity index is 386. The highest BCUT2D eigenvalue weighted by atomic mass is 79.9. The highest BCUT2D eigenvalue weighted by molar-refractivity contribution is 9.10. The number of hydrogen-bond donors (Lipinski definition) is 1. The van der Waals surface area contributed by atoms with Gasteiger partial charge in [-0.1, -0.05) is 35.0 Å². The monoisotopic (exact) mass is 310 g/mol. The number of likely N-dealkylation sites (N-methyl/N-ethyl adjacent to an activating group) is 1. The molecular weight excluding hydrogens is 288 g/mol. The van der Waals surface area contributed by atoms with Gasteiger partial charge < -0.3 is 10.2 Å². The molecule has 1 atom stereocenters. The summed E-state index contributed by atoms with van der Waals surface area (Å²) in [6.45, 7) is 5.63. The first-order chi connectivity index (χ1) is 8.63. The molecule has 1 aliphatic heterocycles. The van der Waals surface area contributed by atoms with Crippen molar-refractivity contribution >= 4 is 15.9 Å². The van der Waals surface area contributed by atoms with Crippen LogP contribution < -0.4 is 5.32 Å². The Hall–Kier alpha value is -0.380. The summed E-state index contributed by atoms with van der Waals surface area (Å²) in [6, 6.07) is 8.59. The van der Waals surface area contributed by atoms with Gasteiger partial charge in [-0.2, -0.15) is 0 Å². The van der Waals surface area contributed by atoms with Crippen LogP contribution in [0.1, 0.15) is 31.7 Å². The number of halogens is 1. The van der Waals surface area contributed by atoms with E-state index in [-0.39, 0.29) is 0 Å². The quantitative estimate of drug-likeness (QED) is 0.896. The van der Waals surface area contributed by atoms with E-state index in [1.54, 1.807) is 0 Å². The van der Waals surface area contributed by atoms with E-state index in [9.17, 15) is 0 Å². The minimum Gasteiger partial charge on any atom is -0.310 e. The molecule has 1 heterocycles. The van der Waals surface area contributed by atoms with Gasteiger partial charge in [0.1, 0.15) is 0 Å². The minimum atomic E-state index is 0.348. The van der Waals surface area contributed by atoms with Crippen molar-refractivity contribution in [3.63, 3.8) is 0 Å². The topological polar surface area (TPSA) is 15.3 Å². The van der Waals surface area contributed by atoms with Gasteiger partial charge in [-0.25, -0.2) is 0 Å². The van der Waals surface area contributed by atoms with Gasteiger partial charge in [-0.3, -0.25) is 0 Å². The van der Waals surface area contributed by atoms with Crippen molar-refractivity contribution in [1.82, 2.24) is 10.2 Å². The molecule has 3 heteroatoms. The Kier molecular flexibility index (Phi) is 4.82. The summed E-state index contributed by atoms with van der Waals surface area (Å²) in [5, 5.41) is 3.70. The Morgan fingerprint density at radius 2 is 2.28 bits per heavy atom. The van der Waals surface area contributed by atoms with Gasteiger partial charge in [-0.15, -0.1) is 0 Å². The summed E-state index contributed by atoms with van der Waals surface area (Å²) >= 11 is 3.53. The second-order valence-corrected chi connectivity index (χ2v) is 6.38. The fourth-order valence-electron chi connectivity index (χ4n) is 2.94. The normalized spacial score (nSPS) is 23.8. The summed E-state index contributed by atoms with van der Waals surface area (Å²) in [7, 11) is 2.22. The minimum absolute atomic E-state index is 0.348. The zero-order valence-electron chi connectivity index (χ0n) is 11.4. The first-order valence-electron chi connectivity index (χ1n) is 6.81. The van der Waals surface area contributed by atoms with Crippen LogP contribution >= 0.6 is 15.9 Å². The fraction of sp³-hybridized carbons (Fsp3) is 0.600. The van der Waals surface area contributed by atoms with E-state index in [1.807, 2.05) is 0 Å². The molecule has 0 saturated carbocycles. The predicted octanol–water partition coefficient (Wildman–Crippen LogP) is 3.41. The maximum absolute atomic E-state index is 3.70. The zero-order chi connectivity index (χ0) is 13.0. The number of nitrogens with zero attached hydrogens (tertiary/aromatic N) is 1. The smallest absolute Gasteiger partial charge is 0.0306 e. The molecule has 1 N–H and O–H groups in total. The van der Waals surface area contributed by atoms with Crippen LogP contribution in [0.4, 0.5) is 0 Å². The van der Waals surface area contributed by atoms with Gasteiger partial charge in [0.05, 0.1) is 0 Å². The Labute approximate surface area is 119 Å². The number of hydrogen-bond acceptors (Lipinski definition) is 2. The van der Waals surface area contributed by atoms with Gasteiger partial charge in [0.2, 0.25) is 0 Å². The van der Waals surface area contributed by atoms with E-state index >= 15 is 0 Å². The lowest BCUT2D eigenvalue weighted by Crippen LogP contribution is -2.48. The average Bonchev–Trinajstić information content (AvgIpc) is 2.78. The lowest BCUT2D eigenvalue weighted by Gasteiger charge is -2.33. The highest BCUT2D eigenvalue weighted by Crippen LogP contribution is 2.24. The highest BCUT2D eigenvalue weighted by Gasteiger charge is 2.32. The van der Waals surface area contributed by atoms with Crippen molar-refractivity contribution < 1.29 is 0 Å². The van der Waals surface area contributed by atoms with Crippen LogP contribution in [0.2, 0.25) is 0 Å². The summed E-state index contributed by atoms with van der Waals surface area (Å²) in [4.78, 5) is 2.43. The van der Waals surface area contributed by atoms with Crippen LogP contribution in [0.5, 0.6) is 0 Å². The van der Waals surface area contributed by atoms with Crippen LogP contribution in [0, 0.1) is 0 Å². The van der Waals surface area contributed by atoms with Gasteiger partial charge in [-0.05, 0) is 50.6 Å². The van der Waals surface area contributed by atoms with Crippen LogP contribution in [0.3, 0.4) is 0 Å². The van der Waals surface area contributed by atoms with E-state index in [2.05, 4.69) is 64.4 Å². The molecule has 1 unspecified atom stereocenters. The van der Waals surface area contributed by atoms with E-state index in [0.29, 0.717) is 5.54 Å². The zero-order valence-corrected chi connectivity index (χ0v) is 13.0. The molecule has 0 aromatic heterocycles. The molecule has 0 amide bonds. The summed E-state index contributed by atoms with van der Waals surface area (Å²) in [6.07, 6.45) is 3.85. The van der Waals surface area contributed by atoms with Crippen molar-refractivity contribution in [3.8, 4) is 0 Å². The molecular formula is C15H23BrN2. The van der Waals surface area contributed by atoms with Gasteiger partial charge in [0.15, 0.2) is 0 Å². The molecule has 0 aliphatic carbocycles. The van der Waals surface area contributed by atoms with Crippen LogP contribution in [0.15, 0.2) is 28.7 Å². The van der Waals surface area contributed by atoms with Crippen molar-refractivity contribution in [3.05, 3.63) is 34.3 Å². The van der Waals surface area contributed by atoms with E-state index in [4.69, 9.17) is 0 Å². The van der Waals surface area contributed by atoms with Crippen molar-refractivity contribution in [1.29, 1.82) is 0 Å². The number of benzene rings is 1. The first kappa shape index (κ1) is 14.0. The summed E-state index contributed by atoms with van der Waals surface area (Å²) < 4.78 is 1.16. The van der Waals surface area contributed by atoms with Gasteiger partial charge >= 0.3 is 0 Å². The molecule has 100 valence electrons. The molecule has 0 bridgehead atoms. The van der Waals surface area contributed by atoms with Crippen LogP contribution in [0.25, 0.3) is 0 Å². The van der Waals surface area contributed by atoms with E-state index in [0.717, 1.165) is 17.6 Å². The van der Waals surface area contributed by atoms with Crippen LogP contribution in [-0.4, -0.2) is 30.6 Å². The van der Waals surface area contributed by atoms with Crippen molar-refractivity contribution in [2.24, 2.45) is 0 Å². The number of rotatable bonds is 5. The fourth-order valence-corrected chi connectivity index (χ4v) is 3.38. The second kappa shape index (κ2) is 6.18. The lowest BCUT2D eigenvalue weighted by molar-refractivity contribution is 0.214. The predicted molar refractivity (Wildman–Crippen MR) is 80.7 cm³/mol. The molecule has 0 spiro atoms. The SMILES string of the molecule is CCC1(CN(C)Cc2cccc(Br)c2)CCCN1. The molecule has 1 fully saturated rings. The Morgan fingerprint density at radius 1 is 1.44 bits per heavy atom. The molecule has 1 aromatic carbocycles. The Balaban J connectivity index is 1.93. The third-order valence-corrected chi connectivity index (χ3v) is 4.42. The van der Waals surface area contributed by atoms with E-state index in [1.165, 1.54) is 31.4 Å². The van der Waals surface area contributed by atoms with E-state index < -0.39 is 0 Å².